The number of ether oxygens (including phenoxy) is 1. The molecular weight excluding hydrogens is 393 g/mol. The van der Waals surface area contributed by atoms with Crippen LogP contribution in [0.1, 0.15) is 26.2 Å². The number of halogens is 3. The number of unbranched alkanes of at least 4 members (excludes halogenated alkanes) is 1. The average molecular weight is 413 g/mol. The Morgan fingerprint density at radius 3 is 2.54 bits per heavy atom. The van der Waals surface area contributed by atoms with E-state index >= 15 is 0 Å². The number of methoxy groups -OCH3 is 1. The molecule has 0 fully saturated rings. The van der Waals surface area contributed by atoms with Crippen LogP contribution in [0.2, 0.25) is 0 Å². The summed E-state index contributed by atoms with van der Waals surface area (Å²) in [5.41, 5.74) is 0.651. The number of benzene rings is 1. The monoisotopic (exact) mass is 411 g/mol. The number of amides is 1. The molecule has 0 aliphatic rings. The van der Waals surface area contributed by atoms with E-state index in [1.54, 1.807) is 19.2 Å². The Balaban J connectivity index is 2.72. The van der Waals surface area contributed by atoms with E-state index in [0.29, 0.717) is 17.9 Å². The number of carbonyl (C=O) groups is 1. The molecule has 5 nitrogen and oxygen atoms in total. The normalized spacial score (nSPS) is 12.2. The summed E-state index contributed by atoms with van der Waals surface area (Å²) in [6, 6.07) is 7.23. The molecule has 3 N–H and O–H groups in total. The first-order valence-corrected chi connectivity index (χ1v) is 8.88. The van der Waals surface area contributed by atoms with Gasteiger partial charge in [-0.25, -0.2) is 0 Å². The lowest BCUT2D eigenvalue weighted by Crippen LogP contribution is -2.56. The fraction of sp³-hybridized carbons (Fsp3) is 0.467. The standard InChI is InChI=1S/C15H20Cl3N3O2S/c1-3-4-9-12(22)20-13(15(16,17)18)21-14(24)19-10-7-5-6-8-11(10)23-2/h5-8,13H,3-4,9H2,1-2H3,(H,20,22)(H2,19,21,24)/t13-/m1/s1. The highest BCUT2D eigenvalue weighted by Gasteiger charge is 2.34. The van der Waals surface area contributed by atoms with Crippen LogP contribution in [0, 0.1) is 0 Å². The van der Waals surface area contributed by atoms with E-state index in [-0.39, 0.29) is 11.0 Å². The van der Waals surface area contributed by atoms with Crippen molar-refractivity contribution in [2.75, 3.05) is 12.4 Å². The minimum atomic E-state index is -1.77. The lowest BCUT2D eigenvalue weighted by molar-refractivity contribution is -0.122. The Morgan fingerprint density at radius 2 is 1.96 bits per heavy atom. The van der Waals surface area contributed by atoms with Gasteiger partial charge in [0.25, 0.3) is 0 Å². The number of nitrogens with one attached hydrogen (secondary N) is 3. The van der Waals surface area contributed by atoms with E-state index in [2.05, 4.69) is 16.0 Å². The second-order valence-corrected chi connectivity index (χ2v) is 7.72. The molecule has 0 aliphatic carbocycles. The van der Waals surface area contributed by atoms with Crippen LogP contribution in [0.3, 0.4) is 0 Å². The molecule has 24 heavy (non-hydrogen) atoms. The van der Waals surface area contributed by atoms with Gasteiger partial charge in [0.15, 0.2) is 5.11 Å². The van der Waals surface area contributed by atoms with Gasteiger partial charge in [0.05, 0.1) is 12.8 Å². The summed E-state index contributed by atoms with van der Waals surface area (Å²) in [7, 11) is 1.55. The van der Waals surface area contributed by atoms with E-state index in [1.807, 2.05) is 19.1 Å². The minimum absolute atomic E-state index is 0.187. The second kappa shape index (κ2) is 10.1. The fourth-order valence-electron chi connectivity index (χ4n) is 1.81. The zero-order valence-corrected chi connectivity index (χ0v) is 16.5. The molecule has 134 valence electrons. The molecule has 1 amide bonds. The van der Waals surface area contributed by atoms with Gasteiger partial charge in [0.1, 0.15) is 11.9 Å². The highest BCUT2D eigenvalue weighted by atomic mass is 35.6. The zero-order chi connectivity index (χ0) is 18.2. The maximum absolute atomic E-state index is 11.9. The fourth-order valence-corrected chi connectivity index (χ4v) is 2.36. The van der Waals surface area contributed by atoms with Crippen LogP contribution < -0.4 is 20.7 Å². The average Bonchev–Trinajstić information content (AvgIpc) is 2.52. The van der Waals surface area contributed by atoms with Crippen LogP contribution in [0.5, 0.6) is 5.75 Å². The minimum Gasteiger partial charge on any atom is -0.495 e. The first-order chi connectivity index (χ1) is 11.3. The van der Waals surface area contributed by atoms with Gasteiger partial charge in [-0.3, -0.25) is 4.79 Å². The number of alkyl halides is 3. The van der Waals surface area contributed by atoms with Crippen molar-refractivity contribution in [2.45, 2.75) is 36.1 Å². The summed E-state index contributed by atoms with van der Waals surface area (Å²) in [6.45, 7) is 1.99. The lowest BCUT2D eigenvalue weighted by atomic mass is 10.2. The summed E-state index contributed by atoms with van der Waals surface area (Å²) in [6.07, 6.45) is 1.03. The van der Waals surface area contributed by atoms with Gasteiger partial charge in [-0.05, 0) is 30.8 Å². The predicted octanol–water partition coefficient (Wildman–Crippen LogP) is 3.98. The van der Waals surface area contributed by atoms with Gasteiger partial charge in [-0.1, -0.05) is 60.3 Å². The molecule has 1 atom stereocenters. The van der Waals surface area contributed by atoms with E-state index in [0.717, 1.165) is 12.8 Å². The largest absolute Gasteiger partial charge is 0.495 e. The van der Waals surface area contributed by atoms with Crippen LogP contribution in [-0.4, -0.2) is 28.1 Å². The molecular formula is C15H20Cl3N3O2S. The van der Waals surface area contributed by atoms with E-state index in [1.165, 1.54) is 0 Å². The maximum Gasteiger partial charge on any atom is 0.228 e. The third-order valence-corrected chi connectivity index (χ3v) is 3.90. The Kier molecular flexibility index (Phi) is 8.91. The molecule has 0 bridgehead atoms. The van der Waals surface area contributed by atoms with Crippen molar-refractivity contribution in [3.8, 4) is 5.75 Å². The molecule has 1 aromatic carbocycles. The highest BCUT2D eigenvalue weighted by Crippen LogP contribution is 2.29. The molecule has 0 saturated carbocycles. The van der Waals surface area contributed by atoms with Crippen molar-refractivity contribution in [1.29, 1.82) is 0 Å². The molecule has 0 unspecified atom stereocenters. The summed E-state index contributed by atoms with van der Waals surface area (Å²) < 4.78 is 3.46. The molecule has 1 rings (SSSR count). The Hall–Kier alpha value is -0.950. The first-order valence-electron chi connectivity index (χ1n) is 7.34. The maximum atomic E-state index is 11.9. The molecule has 9 heteroatoms. The Morgan fingerprint density at radius 1 is 1.29 bits per heavy atom. The number of para-hydroxylation sites is 2. The van der Waals surface area contributed by atoms with Crippen molar-refractivity contribution in [2.24, 2.45) is 0 Å². The van der Waals surface area contributed by atoms with Crippen molar-refractivity contribution in [3.05, 3.63) is 24.3 Å². The number of thiocarbonyl (C=S) groups is 1. The molecule has 0 aromatic heterocycles. The Labute approximate surface area is 162 Å². The third-order valence-electron chi connectivity index (χ3n) is 3.02. The van der Waals surface area contributed by atoms with Gasteiger partial charge in [0, 0.05) is 6.42 Å². The predicted molar refractivity (Wildman–Crippen MR) is 104 cm³/mol. The van der Waals surface area contributed by atoms with Crippen molar-refractivity contribution in [1.82, 2.24) is 10.6 Å². The van der Waals surface area contributed by atoms with Gasteiger partial charge in [-0.15, -0.1) is 0 Å². The van der Waals surface area contributed by atoms with Crippen molar-refractivity contribution in [3.63, 3.8) is 0 Å². The molecule has 0 spiro atoms. The lowest BCUT2D eigenvalue weighted by Gasteiger charge is -2.28. The number of hydrogen-bond acceptors (Lipinski definition) is 3. The molecule has 0 heterocycles. The summed E-state index contributed by atoms with van der Waals surface area (Å²) in [5.74, 6) is 0.389. The van der Waals surface area contributed by atoms with Gasteiger partial charge in [0.2, 0.25) is 9.70 Å². The van der Waals surface area contributed by atoms with Crippen LogP contribution in [0.4, 0.5) is 5.69 Å². The topological polar surface area (TPSA) is 62.4 Å². The highest BCUT2D eigenvalue weighted by molar-refractivity contribution is 7.80. The number of rotatable bonds is 7. The molecule has 0 aliphatic heterocycles. The summed E-state index contributed by atoms with van der Waals surface area (Å²) in [4.78, 5) is 11.9. The van der Waals surface area contributed by atoms with E-state index in [4.69, 9.17) is 51.8 Å². The third kappa shape index (κ3) is 7.30. The summed E-state index contributed by atoms with van der Waals surface area (Å²) in [5, 5.41) is 8.57. The quantitative estimate of drug-likeness (QED) is 0.359. The number of hydrogen-bond donors (Lipinski definition) is 3. The van der Waals surface area contributed by atoms with Gasteiger partial charge < -0.3 is 20.7 Å². The molecule has 0 saturated heterocycles. The first kappa shape index (κ1) is 21.1. The van der Waals surface area contributed by atoms with Gasteiger partial charge >= 0.3 is 0 Å². The Bertz CT molecular complexity index is 567. The van der Waals surface area contributed by atoms with Crippen LogP contribution in [0.25, 0.3) is 0 Å². The van der Waals surface area contributed by atoms with Gasteiger partial charge in [-0.2, -0.15) is 0 Å². The van der Waals surface area contributed by atoms with E-state index in [9.17, 15) is 4.79 Å². The van der Waals surface area contributed by atoms with Crippen LogP contribution in [-0.2, 0) is 4.79 Å². The molecule has 1 aromatic rings. The van der Waals surface area contributed by atoms with E-state index < -0.39 is 9.96 Å². The smallest absolute Gasteiger partial charge is 0.228 e. The SMILES string of the molecule is CCCCC(=O)N[C@H](NC(=S)Nc1ccccc1OC)C(Cl)(Cl)Cl. The van der Waals surface area contributed by atoms with Crippen molar-refractivity contribution < 1.29 is 9.53 Å². The van der Waals surface area contributed by atoms with Crippen LogP contribution >= 0.6 is 47.0 Å². The number of carbonyl (C=O) groups excluding carboxylic acids is 1. The summed E-state index contributed by atoms with van der Waals surface area (Å²) >= 11 is 23.0. The zero-order valence-electron chi connectivity index (χ0n) is 13.4. The molecule has 0 radical (unpaired) electrons. The second-order valence-electron chi connectivity index (χ2n) is 4.94. The van der Waals surface area contributed by atoms with Crippen molar-refractivity contribution >= 4 is 63.7 Å². The van der Waals surface area contributed by atoms with Crippen LogP contribution in [0.15, 0.2) is 24.3 Å². The number of anilines is 1.